The molecule has 2 heterocycles. The van der Waals surface area contributed by atoms with Crippen LogP contribution >= 0.6 is 15.9 Å². The summed E-state index contributed by atoms with van der Waals surface area (Å²) in [6.07, 6.45) is 5.30. The third kappa shape index (κ3) is 4.47. The van der Waals surface area contributed by atoms with Crippen LogP contribution < -0.4 is 4.74 Å². The van der Waals surface area contributed by atoms with Gasteiger partial charge in [-0.25, -0.2) is 0 Å². The Labute approximate surface area is 128 Å². The molecule has 0 aromatic carbocycles. The SMILES string of the molecule is Cc1ccc(OC2CCN(C(=O)CCCBr)CC2)cn1. The number of piperidine rings is 1. The molecule has 0 bridgehead atoms. The molecule has 0 saturated carbocycles. The fourth-order valence-corrected chi connectivity index (χ4v) is 2.60. The lowest BCUT2D eigenvalue weighted by Gasteiger charge is -2.32. The van der Waals surface area contributed by atoms with Crippen LogP contribution in [-0.2, 0) is 4.79 Å². The van der Waals surface area contributed by atoms with Crippen molar-refractivity contribution in [1.82, 2.24) is 9.88 Å². The Morgan fingerprint density at radius 3 is 2.80 bits per heavy atom. The zero-order chi connectivity index (χ0) is 14.4. The highest BCUT2D eigenvalue weighted by molar-refractivity contribution is 9.09. The number of nitrogens with zero attached hydrogens (tertiary/aromatic N) is 2. The van der Waals surface area contributed by atoms with Gasteiger partial charge < -0.3 is 9.64 Å². The van der Waals surface area contributed by atoms with E-state index in [2.05, 4.69) is 20.9 Å². The number of amides is 1. The van der Waals surface area contributed by atoms with Crippen molar-refractivity contribution in [2.45, 2.75) is 38.7 Å². The van der Waals surface area contributed by atoms with Crippen molar-refractivity contribution in [3.05, 3.63) is 24.0 Å². The summed E-state index contributed by atoms with van der Waals surface area (Å²) in [6.45, 7) is 3.55. The Balaban J connectivity index is 1.76. The lowest BCUT2D eigenvalue weighted by atomic mass is 10.1. The van der Waals surface area contributed by atoms with E-state index in [0.29, 0.717) is 6.42 Å². The van der Waals surface area contributed by atoms with Crippen LogP contribution in [0.5, 0.6) is 5.75 Å². The molecule has 0 aliphatic carbocycles. The molecule has 1 fully saturated rings. The van der Waals surface area contributed by atoms with E-state index in [1.807, 2.05) is 24.0 Å². The average molecular weight is 341 g/mol. The number of rotatable bonds is 5. The van der Waals surface area contributed by atoms with E-state index in [9.17, 15) is 4.79 Å². The van der Waals surface area contributed by atoms with Crippen LogP contribution in [0.2, 0.25) is 0 Å². The minimum absolute atomic E-state index is 0.194. The maximum atomic E-state index is 11.9. The number of halogens is 1. The van der Waals surface area contributed by atoms with Crippen LogP contribution in [0.3, 0.4) is 0 Å². The van der Waals surface area contributed by atoms with Crippen molar-refractivity contribution in [1.29, 1.82) is 0 Å². The smallest absolute Gasteiger partial charge is 0.222 e. The Morgan fingerprint density at radius 1 is 1.45 bits per heavy atom. The number of hydrogen-bond acceptors (Lipinski definition) is 3. The maximum Gasteiger partial charge on any atom is 0.222 e. The van der Waals surface area contributed by atoms with Gasteiger partial charge in [-0.2, -0.15) is 0 Å². The molecule has 1 aromatic heterocycles. The number of carbonyl (C=O) groups excluding carboxylic acids is 1. The van der Waals surface area contributed by atoms with Crippen molar-refractivity contribution in [3.8, 4) is 5.75 Å². The number of carbonyl (C=O) groups is 1. The predicted octanol–water partition coefficient (Wildman–Crippen LogP) is 2.93. The molecule has 4 nitrogen and oxygen atoms in total. The summed E-state index contributed by atoms with van der Waals surface area (Å²) in [6, 6.07) is 3.91. The number of aromatic nitrogens is 1. The molecular formula is C15H21BrN2O2. The van der Waals surface area contributed by atoms with Gasteiger partial charge in [-0.15, -0.1) is 0 Å². The Bertz CT molecular complexity index is 428. The molecule has 2 rings (SSSR count). The molecule has 0 N–H and O–H groups in total. The summed E-state index contributed by atoms with van der Waals surface area (Å²) in [7, 11) is 0. The molecular weight excluding hydrogens is 320 g/mol. The molecule has 1 amide bonds. The fraction of sp³-hybridized carbons (Fsp3) is 0.600. The highest BCUT2D eigenvalue weighted by Gasteiger charge is 2.23. The summed E-state index contributed by atoms with van der Waals surface area (Å²) in [5, 5.41) is 0.888. The van der Waals surface area contributed by atoms with Gasteiger partial charge in [0.05, 0.1) is 6.20 Å². The molecule has 1 aliphatic rings. The molecule has 1 aromatic rings. The lowest BCUT2D eigenvalue weighted by molar-refractivity contribution is -0.133. The topological polar surface area (TPSA) is 42.4 Å². The maximum absolute atomic E-state index is 11.9. The first kappa shape index (κ1) is 15.3. The lowest BCUT2D eigenvalue weighted by Crippen LogP contribution is -2.41. The third-order valence-corrected chi connectivity index (χ3v) is 4.07. The molecule has 0 radical (unpaired) electrons. The number of aryl methyl sites for hydroxylation is 1. The van der Waals surface area contributed by atoms with E-state index in [0.717, 1.165) is 49.1 Å². The first-order valence-corrected chi connectivity index (χ1v) is 8.24. The van der Waals surface area contributed by atoms with Crippen molar-refractivity contribution < 1.29 is 9.53 Å². The number of alkyl halides is 1. The fourth-order valence-electron chi connectivity index (χ4n) is 2.32. The molecule has 110 valence electrons. The highest BCUT2D eigenvalue weighted by atomic mass is 79.9. The van der Waals surface area contributed by atoms with E-state index < -0.39 is 0 Å². The van der Waals surface area contributed by atoms with Crippen LogP contribution in [0.15, 0.2) is 18.3 Å². The molecule has 1 aliphatic heterocycles. The second kappa shape index (κ2) is 7.62. The number of pyridine rings is 1. The minimum Gasteiger partial charge on any atom is -0.489 e. The molecule has 5 heteroatoms. The third-order valence-electron chi connectivity index (χ3n) is 3.51. The second-order valence-corrected chi connectivity index (χ2v) is 5.92. The number of ether oxygens (including phenoxy) is 1. The Kier molecular flexibility index (Phi) is 5.83. The monoisotopic (exact) mass is 340 g/mol. The number of likely N-dealkylation sites (tertiary alicyclic amines) is 1. The first-order chi connectivity index (χ1) is 9.69. The van der Waals surface area contributed by atoms with Gasteiger partial charge in [-0.1, -0.05) is 15.9 Å². The van der Waals surface area contributed by atoms with Crippen LogP contribution in [0, 0.1) is 6.92 Å². The van der Waals surface area contributed by atoms with E-state index in [1.165, 1.54) is 0 Å². The van der Waals surface area contributed by atoms with Gasteiger partial charge in [0.2, 0.25) is 5.91 Å². The summed E-state index contributed by atoms with van der Waals surface area (Å²) < 4.78 is 5.91. The Morgan fingerprint density at radius 2 is 2.20 bits per heavy atom. The summed E-state index contributed by atoms with van der Waals surface area (Å²) in [5.41, 5.74) is 0.990. The Hall–Kier alpha value is -1.10. The van der Waals surface area contributed by atoms with Gasteiger partial charge in [0.15, 0.2) is 0 Å². The zero-order valence-corrected chi connectivity index (χ0v) is 13.4. The van der Waals surface area contributed by atoms with E-state index in [4.69, 9.17) is 4.74 Å². The van der Waals surface area contributed by atoms with Gasteiger partial charge in [0.25, 0.3) is 0 Å². The van der Waals surface area contributed by atoms with Gasteiger partial charge in [0, 0.05) is 43.4 Å². The van der Waals surface area contributed by atoms with E-state index >= 15 is 0 Å². The van der Waals surface area contributed by atoms with Gasteiger partial charge in [-0.3, -0.25) is 9.78 Å². The largest absolute Gasteiger partial charge is 0.489 e. The second-order valence-electron chi connectivity index (χ2n) is 5.13. The molecule has 0 atom stereocenters. The molecule has 0 unspecified atom stereocenters. The number of hydrogen-bond donors (Lipinski definition) is 0. The van der Waals surface area contributed by atoms with Crippen LogP contribution in [0.25, 0.3) is 0 Å². The van der Waals surface area contributed by atoms with Crippen molar-refractivity contribution in [2.24, 2.45) is 0 Å². The van der Waals surface area contributed by atoms with E-state index in [1.54, 1.807) is 6.20 Å². The zero-order valence-electron chi connectivity index (χ0n) is 11.8. The summed E-state index contributed by atoms with van der Waals surface area (Å²) in [5.74, 6) is 1.08. The minimum atomic E-state index is 0.194. The predicted molar refractivity (Wildman–Crippen MR) is 82.2 cm³/mol. The van der Waals surface area contributed by atoms with Crippen molar-refractivity contribution in [2.75, 3.05) is 18.4 Å². The quantitative estimate of drug-likeness (QED) is 0.774. The standard InChI is InChI=1S/C15H21BrN2O2/c1-12-4-5-14(11-17-12)20-13-6-9-18(10-7-13)15(19)3-2-8-16/h4-5,11,13H,2-3,6-10H2,1H3. The molecule has 1 saturated heterocycles. The summed E-state index contributed by atoms with van der Waals surface area (Å²) in [4.78, 5) is 18.1. The average Bonchev–Trinajstić information content (AvgIpc) is 2.48. The van der Waals surface area contributed by atoms with Crippen molar-refractivity contribution in [3.63, 3.8) is 0 Å². The van der Waals surface area contributed by atoms with Gasteiger partial charge >= 0.3 is 0 Å². The highest BCUT2D eigenvalue weighted by Crippen LogP contribution is 2.19. The molecule has 0 spiro atoms. The van der Waals surface area contributed by atoms with Gasteiger partial charge in [-0.05, 0) is 25.5 Å². The first-order valence-electron chi connectivity index (χ1n) is 7.12. The van der Waals surface area contributed by atoms with Crippen LogP contribution in [0.1, 0.15) is 31.4 Å². The normalized spacial score (nSPS) is 16.2. The van der Waals surface area contributed by atoms with E-state index in [-0.39, 0.29) is 12.0 Å². The van der Waals surface area contributed by atoms with Crippen LogP contribution in [-0.4, -0.2) is 40.3 Å². The summed E-state index contributed by atoms with van der Waals surface area (Å²) >= 11 is 3.36. The van der Waals surface area contributed by atoms with Crippen molar-refractivity contribution >= 4 is 21.8 Å². The van der Waals surface area contributed by atoms with Crippen LogP contribution in [0.4, 0.5) is 0 Å². The van der Waals surface area contributed by atoms with Gasteiger partial charge in [0.1, 0.15) is 11.9 Å². The molecule has 20 heavy (non-hydrogen) atoms.